The zero-order valence-corrected chi connectivity index (χ0v) is 15.0. The second kappa shape index (κ2) is 17.6. The molecule has 0 fully saturated rings. The van der Waals surface area contributed by atoms with E-state index in [1.165, 1.54) is 0 Å². The Balaban J connectivity index is 3.01. The summed E-state index contributed by atoms with van der Waals surface area (Å²) in [4.78, 5) is 11.0. The minimum Gasteiger partial charge on any atom is -0.378 e. The lowest BCUT2D eigenvalue weighted by molar-refractivity contribution is -0.121. The van der Waals surface area contributed by atoms with E-state index >= 15 is 0 Å². The molecule has 0 saturated heterocycles. The maximum atomic E-state index is 11.0. The van der Waals surface area contributed by atoms with Gasteiger partial charge in [-0.05, 0) is 0 Å². The maximum Gasteiger partial charge on any atom is 0.219 e. The molecule has 0 aliphatic carbocycles. The highest BCUT2D eigenvalue weighted by atomic mass is 16.5. The van der Waals surface area contributed by atoms with Gasteiger partial charge < -0.3 is 30.2 Å². The summed E-state index contributed by atoms with van der Waals surface area (Å²) in [5, 5.41) is 9.28. The molecule has 138 valence electrons. The molecule has 0 bridgehead atoms. The molecule has 23 heavy (non-hydrogen) atoms. The molecule has 0 aliphatic heterocycles. The van der Waals surface area contributed by atoms with Gasteiger partial charge in [-0.3, -0.25) is 4.79 Å². The third kappa shape index (κ3) is 19.2. The normalized spacial score (nSPS) is 11.1. The van der Waals surface area contributed by atoms with Crippen LogP contribution in [-0.4, -0.2) is 77.8 Å². The van der Waals surface area contributed by atoms with Crippen molar-refractivity contribution < 1.29 is 19.0 Å². The standard InChI is InChI=1S/C16H35N3O4/c1-4-16(20)19-8-12-21-9-5-17-6-10-22-13-14-23-11-7-18-15(2)3/h15,17-18H,4-14H2,1-3H3,(H,19,20). The number of rotatable bonds is 17. The molecule has 1 amide bonds. The molecule has 0 aromatic carbocycles. The van der Waals surface area contributed by atoms with E-state index < -0.39 is 0 Å². The Hall–Kier alpha value is -0.730. The molecule has 0 spiro atoms. The Bertz CT molecular complexity index is 266. The Morgan fingerprint density at radius 2 is 1.35 bits per heavy atom. The van der Waals surface area contributed by atoms with Crippen LogP contribution in [0.1, 0.15) is 27.2 Å². The lowest BCUT2D eigenvalue weighted by atomic mass is 10.4. The zero-order chi connectivity index (χ0) is 17.2. The van der Waals surface area contributed by atoms with Crippen molar-refractivity contribution >= 4 is 5.91 Å². The third-order valence-electron chi connectivity index (χ3n) is 2.91. The van der Waals surface area contributed by atoms with Gasteiger partial charge in [-0.25, -0.2) is 0 Å². The summed E-state index contributed by atoms with van der Waals surface area (Å²) in [5.41, 5.74) is 0. The Labute approximate surface area is 140 Å². The van der Waals surface area contributed by atoms with Crippen molar-refractivity contribution in [3.05, 3.63) is 0 Å². The molecule has 0 saturated carbocycles. The van der Waals surface area contributed by atoms with Crippen molar-refractivity contribution in [3.63, 3.8) is 0 Å². The molecular formula is C16H35N3O4. The van der Waals surface area contributed by atoms with Crippen molar-refractivity contribution in [1.29, 1.82) is 0 Å². The Morgan fingerprint density at radius 1 is 0.826 bits per heavy atom. The van der Waals surface area contributed by atoms with Gasteiger partial charge in [0, 0.05) is 38.6 Å². The molecule has 0 heterocycles. The number of ether oxygens (including phenoxy) is 3. The van der Waals surface area contributed by atoms with Gasteiger partial charge in [-0.1, -0.05) is 20.8 Å². The van der Waals surface area contributed by atoms with Gasteiger partial charge >= 0.3 is 0 Å². The molecule has 0 radical (unpaired) electrons. The molecule has 0 aromatic heterocycles. The second-order valence-corrected chi connectivity index (χ2v) is 5.40. The number of hydrogen-bond acceptors (Lipinski definition) is 6. The lowest BCUT2D eigenvalue weighted by Gasteiger charge is -2.09. The van der Waals surface area contributed by atoms with Crippen LogP contribution in [0.3, 0.4) is 0 Å². The van der Waals surface area contributed by atoms with E-state index in [0.717, 1.165) is 26.2 Å². The quantitative estimate of drug-likeness (QED) is 0.329. The summed E-state index contributed by atoms with van der Waals surface area (Å²) in [6.07, 6.45) is 0.515. The van der Waals surface area contributed by atoms with Crippen LogP contribution >= 0.6 is 0 Å². The number of amides is 1. The topological polar surface area (TPSA) is 80.9 Å². The SMILES string of the molecule is CCC(=O)NCCOCCNCCOCCOCCNC(C)C. The monoisotopic (exact) mass is 333 g/mol. The van der Waals surface area contributed by atoms with Crippen molar-refractivity contribution in [2.45, 2.75) is 33.2 Å². The van der Waals surface area contributed by atoms with Crippen LogP contribution in [0.15, 0.2) is 0 Å². The van der Waals surface area contributed by atoms with E-state index in [1.54, 1.807) is 0 Å². The first-order valence-corrected chi connectivity index (χ1v) is 8.60. The van der Waals surface area contributed by atoms with E-state index in [4.69, 9.17) is 14.2 Å². The molecule has 0 atom stereocenters. The second-order valence-electron chi connectivity index (χ2n) is 5.40. The minimum absolute atomic E-state index is 0.0593. The molecule has 0 aliphatic rings. The van der Waals surface area contributed by atoms with Crippen LogP contribution in [0.25, 0.3) is 0 Å². The van der Waals surface area contributed by atoms with Gasteiger partial charge in [-0.15, -0.1) is 0 Å². The van der Waals surface area contributed by atoms with Crippen LogP contribution in [0.2, 0.25) is 0 Å². The molecule has 3 N–H and O–H groups in total. The number of hydrogen-bond donors (Lipinski definition) is 3. The van der Waals surface area contributed by atoms with Crippen molar-refractivity contribution in [2.75, 3.05) is 65.8 Å². The molecular weight excluding hydrogens is 298 g/mol. The third-order valence-corrected chi connectivity index (χ3v) is 2.91. The molecule has 7 heteroatoms. The zero-order valence-electron chi connectivity index (χ0n) is 15.0. The summed E-state index contributed by atoms with van der Waals surface area (Å²) in [6.45, 7) is 12.9. The van der Waals surface area contributed by atoms with Crippen molar-refractivity contribution in [3.8, 4) is 0 Å². The van der Waals surface area contributed by atoms with Gasteiger partial charge in [0.2, 0.25) is 5.91 Å². The Morgan fingerprint density at radius 3 is 1.91 bits per heavy atom. The van der Waals surface area contributed by atoms with Crippen LogP contribution in [-0.2, 0) is 19.0 Å². The first kappa shape index (κ1) is 22.3. The average Bonchev–Trinajstić information content (AvgIpc) is 2.53. The lowest BCUT2D eigenvalue weighted by Crippen LogP contribution is -2.28. The number of carbonyl (C=O) groups is 1. The smallest absolute Gasteiger partial charge is 0.219 e. The van der Waals surface area contributed by atoms with Crippen LogP contribution < -0.4 is 16.0 Å². The molecule has 0 unspecified atom stereocenters. The highest BCUT2D eigenvalue weighted by Gasteiger charge is 1.95. The fourth-order valence-electron chi connectivity index (χ4n) is 1.65. The predicted octanol–water partition coefficient (Wildman–Crippen LogP) is 0.150. The van der Waals surface area contributed by atoms with Crippen molar-refractivity contribution in [2.24, 2.45) is 0 Å². The number of carbonyl (C=O) groups excluding carboxylic acids is 1. The summed E-state index contributed by atoms with van der Waals surface area (Å²) in [7, 11) is 0. The van der Waals surface area contributed by atoms with E-state index in [0.29, 0.717) is 52.0 Å². The molecule has 0 rings (SSSR count). The van der Waals surface area contributed by atoms with Gasteiger partial charge in [0.15, 0.2) is 0 Å². The Kier molecular flexibility index (Phi) is 17.1. The fraction of sp³-hybridized carbons (Fsp3) is 0.938. The highest BCUT2D eigenvalue weighted by molar-refractivity contribution is 5.75. The van der Waals surface area contributed by atoms with E-state index in [1.807, 2.05) is 6.92 Å². The molecule has 0 aromatic rings. The van der Waals surface area contributed by atoms with Gasteiger partial charge in [0.05, 0.1) is 39.6 Å². The average molecular weight is 333 g/mol. The van der Waals surface area contributed by atoms with Gasteiger partial charge in [0.1, 0.15) is 0 Å². The first-order valence-electron chi connectivity index (χ1n) is 8.60. The highest BCUT2D eigenvalue weighted by Crippen LogP contribution is 1.80. The van der Waals surface area contributed by atoms with Crippen LogP contribution in [0.5, 0.6) is 0 Å². The molecule has 7 nitrogen and oxygen atoms in total. The maximum absolute atomic E-state index is 11.0. The summed E-state index contributed by atoms with van der Waals surface area (Å²) < 4.78 is 16.3. The van der Waals surface area contributed by atoms with Gasteiger partial charge in [-0.2, -0.15) is 0 Å². The first-order chi connectivity index (χ1) is 11.2. The number of nitrogens with one attached hydrogen (secondary N) is 3. The minimum atomic E-state index is 0.0593. The van der Waals surface area contributed by atoms with Crippen LogP contribution in [0.4, 0.5) is 0 Å². The summed E-state index contributed by atoms with van der Waals surface area (Å²) in [5.74, 6) is 0.0593. The van der Waals surface area contributed by atoms with E-state index in [-0.39, 0.29) is 5.91 Å². The largest absolute Gasteiger partial charge is 0.378 e. The summed E-state index contributed by atoms with van der Waals surface area (Å²) >= 11 is 0. The predicted molar refractivity (Wildman–Crippen MR) is 91.8 cm³/mol. The van der Waals surface area contributed by atoms with Crippen molar-refractivity contribution in [1.82, 2.24) is 16.0 Å². The van der Waals surface area contributed by atoms with E-state index in [9.17, 15) is 4.79 Å². The fourth-order valence-corrected chi connectivity index (χ4v) is 1.65. The van der Waals surface area contributed by atoms with Crippen LogP contribution in [0, 0.1) is 0 Å². The summed E-state index contributed by atoms with van der Waals surface area (Å²) in [6, 6.07) is 0.500. The van der Waals surface area contributed by atoms with Gasteiger partial charge in [0.25, 0.3) is 0 Å². The van der Waals surface area contributed by atoms with E-state index in [2.05, 4.69) is 29.8 Å².